The largest absolute Gasteiger partial charge is 0.338 e. The third-order valence-corrected chi connectivity index (χ3v) is 7.68. The zero-order chi connectivity index (χ0) is 19.6. The van der Waals surface area contributed by atoms with E-state index in [9.17, 15) is 13.2 Å². The SMILES string of the molecule is O=C(c1cccc2nccnc12)N1CCCC(CNS(=O)(=O)c2cccs2)C1. The lowest BCUT2D eigenvalue weighted by Gasteiger charge is -2.33. The summed E-state index contributed by atoms with van der Waals surface area (Å²) in [7, 11) is -3.49. The van der Waals surface area contributed by atoms with Crippen molar-refractivity contribution in [1.82, 2.24) is 19.6 Å². The number of carbonyl (C=O) groups excluding carboxylic acids is 1. The summed E-state index contributed by atoms with van der Waals surface area (Å²) in [6.45, 7) is 1.49. The van der Waals surface area contributed by atoms with Crippen LogP contribution in [0.4, 0.5) is 0 Å². The molecule has 1 amide bonds. The number of fused-ring (bicyclic) bond motifs is 1. The van der Waals surface area contributed by atoms with Crippen LogP contribution in [0.25, 0.3) is 11.0 Å². The molecule has 1 aliphatic heterocycles. The molecule has 1 unspecified atom stereocenters. The van der Waals surface area contributed by atoms with E-state index in [2.05, 4.69) is 14.7 Å². The minimum absolute atomic E-state index is 0.0773. The Morgan fingerprint density at radius 2 is 2.07 bits per heavy atom. The Balaban J connectivity index is 1.45. The van der Waals surface area contributed by atoms with Gasteiger partial charge in [-0.15, -0.1) is 11.3 Å². The summed E-state index contributed by atoms with van der Waals surface area (Å²) < 4.78 is 27.6. The highest BCUT2D eigenvalue weighted by atomic mass is 32.2. The quantitative estimate of drug-likeness (QED) is 0.690. The fourth-order valence-corrected chi connectivity index (χ4v) is 5.62. The van der Waals surface area contributed by atoms with E-state index in [-0.39, 0.29) is 11.8 Å². The van der Waals surface area contributed by atoms with Gasteiger partial charge < -0.3 is 4.90 Å². The van der Waals surface area contributed by atoms with Gasteiger partial charge in [-0.3, -0.25) is 14.8 Å². The summed E-state index contributed by atoms with van der Waals surface area (Å²) in [4.78, 5) is 23.4. The molecular weight excluding hydrogens is 396 g/mol. The highest BCUT2D eigenvalue weighted by Gasteiger charge is 2.27. The molecule has 1 aromatic carbocycles. The van der Waals surface area contributed by atoms with E-state index in [4.69, 9.17) is 0 Å². The van der Waals surface area contributed by atoms with Crippen LogP contribution >= 0.6 is 11.3 Å². The molecule has 1 fully saturated rings. The number of carbonyl (C=O) groups is 1. The van der Waals surface area contributed by atoms with Crippen LogP contribution < -0.4 is 4.72 Å². The van der Waals surface area contributed by atoms with Crippen LogP contribution in [0.15, 0.2) is 52.3 Å². The number of rotatable bonds is 5. The lowest BCUT2D eigenvalue weighted by atomic mass is 9.97. The normalized spacial score (nSPS) is 17.7. The molecule has 1 atom stereocenters. The number of hydrogen-bond acceptors (Lipinski definition) is 6. The van der Waals surface area contributed by atoms with Gasteiger partial charge in [0.25, 0.3) is 5.91 Å². The van der Waals surface area contributed by atoms with Crippen molar-refractivity contribution in [2.24, 2.45) is 5.92 Å². The van der Waals surface area contributed by atoms with Crippen molar-refractivity contribution in [1.29, 1.82) is 0 Å². The van der Waals surface area contributed by atoms with Crippen LogP contribution in [0.1, 0.15) is 23.2 Å². The summed E-state index contributed by atoms with van der Waals surface area (Å²) in [5.41, 5.74) is 1.81. The van der Waals surface area contributed by atoms with Crippen LogP contribution in [-0.2, 0) is 10.0 Å². The van der Waals surface area contributed by atoms with Crippen LogP contribution in [0, 0.1) is 5.92 Å². The van der Waals surface area contributed by atoms with Crippen LogP contribution in [-0.4, -0.2) is 48.8 Å². The number of nitrogens with one attached hydrogen (secondary N) is 1. The Morgan fingerprint density at radius 3 is 2.89 bits per heavy atom. The van der Waals surface area contributed by atoms with Crippen molar-refractivity contribution in [3.05, 3.63) is 53.7 Å². The number of thiophene rings is 1. The summed E-state index contributed by atoms with van der Waals surface area (Å²) in [5.74, 6) is -0.00888. The molecule has 1 saturated heterocycles. The van der Waals surface area contributed by atoms with Gasteiger partial charge in [0.1, 0.15) is 9.73 Å². The topological polar surface area (TPSA) is 92.3 Å². The third-order valence-electron chi connectivity index (χ3n) is 4.86. The molecule has 28 heavy (non-hydrogen) atoms. The smallest absolute Gasteiger partial charge is 0.256 e. The summed E-state index contributed by atoms with van der Waals surface area (Å²) >= 11 is 1.19. The zero-order valence-corrected chi connectivity index (χ0v) is 16.7. The van der Waals surface area contributed by atoms with E-state index in [1.165, 1.54) is 11.3 Å². The van der Waals surface area contributed by atoms with Gasteiger partial charge in [0.2, 0.25) is 10.0 Å². The molecule has 4 rings (SSSR count). The molecular formula is C19H20N4O3S2. The molecule has 0 spiro atoms. The van der Waals surface area contributed by atoms with E-state index < -0.39 is 10.0 Å². The first-order chi connectivity index (χ1) is 13.5. The lowest BCUT2D eigenvalue weighted by Crippen LogP contribution is -2.43. The van der Waals surface area contributed by atoms with E-state index in [0.717, 1.165) is 12.8 Å². The number of sulfonamides is 1. The maximum atomic E-state index is 13.1. The maximum Gasteiger partial charge on any atom is 0.256 e. The number of likely N-dealkylation sites (tertiary alicyclic amines) is 1. The second-order valence-electron chi connectivity index (χ2n) is 6.77. The number of hydrogen-bond donors (Lipinski definition) is 1. The molecule has 2 aromatic heterocycles. The second kappa shape index (κ2) is 7.94. The Bertz CT molecular complexity index is 1080. The minimum atomic E-state index is -3.49. The van der Waals surface area contributed by atoms with E-state index in [1.54, 1.807) is 46.9 Å². The molecule has 146 valence electrons. The Labute approximate surface area is 167 Å². The first-order valence-electron chi connectivity index (χ1n) is 9.07. The number of amides is 1. The van der Waals surface area contributed by atoms with E-state index in [1.807, 2.05) is 6.07 Å². The van der Waals surface area contributed by atoms with Gasteiger partial charge in [0, 0.05) is 32.0 Å². The van der Waals surface area contributed by atoms with Gasteiger partial charge in [-0.05, 0) is 42.3 Å². The number of para-hydroxylation sites is 1. The summed E-state index contributed by atoms with van der Waals surface area (Å²) in [6, 6.07) is 8.71. The average molecular weight is 417 g/mol. The predicted molar refractivity (Wildman–Crippen MR) is 108 cm³/mol. The third kappa shape index (κ3) is 3.91. The standard InChI is InChI=1S/C19H20N4O3S2/c24-19(15-5-1-6-16-18(15)21-9-8-20-16)23-10-2-4-14(13-23)12-22-28(25,26)17-7-3-11-27-17/h1,3,5-9,11,14,22H,2,4,10,12-13H2. The second-order valence-corrected chi connectivity index (χ2v) is 9.71. The fourth-order valence-electron chi connectivity index (χ4n) is 3.47. The van der Waals surface area contributed by atoms with Crippen molar-refractivity contribution >= 4 is 38.3 Å². The maximum absolute atomic E-state index is 13.1. The lowest BCUT2D eigenvalue weighted by molar-refractivity contribution is 0.0678. The first kappa shape index (κ1) is 19.0. The molecule has 0 bridgehead atoms. The Hall–Kier alpha value is -2.36. The predicted octanol–water partition coefficient (Wildman–Crippen LogP) is 2.52. The molecule has 3 aromatic rings. The van der Waals surface area contributed by atoms with Crippen LogP contribution in [0.5, 0.6) is 0 Å². The number of nitrogens with zero attached hydrogens (tertiary/aromatic N) is 3. The monoisotopic (exact) mass is 416 g/mol. The molecule has 1 N–H and O–H groups in total. The van der Waals surface area contributed by atoms with Gasteiger partial charge in [0.15, 0.2) is 0 Å². The van der Waals surface area contributed by atoms with Crippen molar-refractivity contribution in [3.8, 4) is 0 Å². The highest BCUT2D eigenvalue weighted by Crippen LogP contribution is 2.22. The number of benzene rings is 1. The van der Waals surface area contributed by atoms with Gasteiger partial charge in [-0.2, -0.15) is 0 Å². The summed E-state index contributed by atoms with van der Waals surface area (Å²) in [5, 5.41) is 1.74. The first-order valence-corrected chi connectivity index (χ1v) is 11.4. The van der Waals surface area contributed by atoms with Crippen molar-refractivity contribution < 1.29 is 13.2 Å². The molecule has 0 aliphatic carbocycles. The van der Waals surface area contributed by atoms with Crippen LogP contribution in [0.2, 0.25) is 0 Å². The minimum Gasteiger partial charge on any atom is -0.338 e. The van der Waals surface area contributed by atoms with Crippen molar-refractivity contribution in [2.45, 2.75) is 17.1 Å². The van der Waals surface area contributed by atoms with Crippen LogP contribution in [0.3, 0.4) is 0 Å². The van der Waals surface area contributed by atoms with E-state index >= 15 is 0 Å². The Kier molecular flexibility index (Phi) is 5.38. The van der Waals surface area contributed by atoms with Crippen molar-refractivity contribution in [2.75, 3.05) is 19.6 Å². The Morgan fingerprint density at radius 1 is 1.21 bits per heavy atom. The summed E-state index contributed by atoms with van der Waals surface area (Å²) in [6.07, 6.45) is 4.91. The number of piperidine rings is 1. The van der Waals surface area contributed by atoms with Gasteiger partial charge >= 0.3 is 0 Å². The van der Waals surface area contributed by atoms with Gasteiger partial charge in [-0.1, -0.05) is 12.1 Å². The zero-order valence-electron chi connectivity index (χ0n) is 15.1. The molecule has 1 aliphatic rings. The number of aromatic nitrogens is 2. The van der Waals surface area contributed by atoms with Gasteiger partial charge in [-0.25, -0.2) is 13.1 Å². The molecule has 7 nitrogen and oxygen atoms in total. The van der Waals surface area contributed by atoms with E-state index in [0.29, 0.717) is 40.4 Å². The van der Waals surface area contributed by atoms with Crippen molar-refractivity contribution in [3.63, 3.8) is 0 Å². The van der Waals surface area contributed by atoms with Gasteiger partial charge in [0.05, 0.1) is 11.1 Å². The fraction of sp³-hybridized carbons (Fsp3) is 0.316. The average Bonchev–Trinajstić information content (AvgIpc) is 3.28. The molecule has 9 heteroatoms. The molecule has 0 radical (unpaired) electrons. The molecule has 0 saturated carbocycles. The molecule has 3 heterocycles. The highest BCUT2D eigenvalue weighted by molar-refractivity contribution is 7.91.